The first kappa shape index (κ1) is 32.1. The molecule has 2 aromatic carbocycles. The number of aryl methyl sites for hydroxylation is 1. The van der Waals surface area contributed by atoms with Gasteiger partial charge in [-0.15, -0.1) is 0 Å². The number of halogens is 2. The first-order valence-electron chi connectivity index (χ1n) is 15.6. The third kappa shape index (κ3) is 6.15. The van der Waals surface area contributed by atoms with E-state index in [1.54, 1.807) is 17.3 Å². The SMILES string of the molecule is CCC(c1cc(C)c2nc[nH]c2c1)c1nc(C(=O)N2CCC[C@@]3(C2)OC(=O)Nc2ccc(Cl)c(F)c23)n(COCC[Si](C)(C)C)n1. The number of aromatic amines is 1. The van der Waals surface area contributed by atoms with Gasteiger partial charge in [0.2, 0.25) is 5.82 Å². The Hall–Kier alpha value is -3.81. The fourth-order valence-corrected chi connectivity index (χ4v) is 7.31. The van der Waals surface area contributed by atoms with Crippen molar-refractivity contribution in [3.8, 4) is 0 Å². The minimum absolute atomic E-state index is 0.0541. The number of rotatable bonds is 9. The van der Waals surface area contributed by atoms with Gasteiger partial charge in [0.25, 0.3) is 5.91 Å². The molecule has 0 bridgehead atoms. The van der Waals surface area contributed by atoms with E-state index >= 15 is 4.39 Å². The van der Waals surface area contributed by atoms with Gasteiger partial charge in [-0.3, -0.25) is 10.1 Å². The van der Waals surface area contributed by atoms with Crippen LogP contribution in [-0.4, -0.2) is 69.4 Å². The highest BCUT2D eigenvalue weighted by molar-refractivity contribution is 6.76. The first-order valence-corrected chi connectivity index (χ1v) is 19.7. The van der Waals surface area contributed by atoms with E-state index in [2.05, 4.69) is 47.9 Å². The molecule has 6 rings (SSSR count). The lowest BCUT2D eigenvalue weighted by molar-refractivity contribution is -0.0424. The van der Waals surface area contributed by atoms with Gasteiger partial charge in [-0.1, -0.05) is 44.2 Å². The molecule has 2 N–H and O–H groups in total. The number of hydrogen-bond acceptors (Lipinski definition) is 7. The van der Waals surface area contributed by atoms with Gasteiger partial charge in [0, 0.05) is 27.1 Å². The molecule has 2 atom stereocenters. The summed E-state index contributed by atoms with van der Waals surface area (Å²) < 4.78 is 28.8. The summed E-state index contributed by atoms with van der Waals surface area (Å²) in [7, 11) is -1.35. The van der Waals surface area contributed by atoms with Crippen LogP contribution in [0.3, 0.4) is 0 Å². The largest absolute Gasteiger partial charge is 0.436 e. The summed E-state index contributed by atoms with van der Waals surface area (Å²) in [6.45, 7) is 11.8. The van der Waals surface area contributed by atoms with Crippen LogP contribution in [0.25, 0.3) is 11.0 Å². The minimum Gasteiger partial charge on any atom is -0.436 e. The van der Waals surface area contributed by atoms with E-state index in [4.69, 9.17) is 31.2 Å². The van der Waals surface area contributed by atoms with E-state index in [0.29, 0.717) is 38.2 Å². The number of carbonyl (C=O) groups is 2. The van der Waals surface area contributed by atoms with Gasteiger partial charge < -0.3 is 19.4 Å². The van der Waals surface area contributed by atoms with Gasteiger partial charge in [-0.2, -0.15) is 5.10 Å². The zero-order valence-electron chi connectivity index (χ0n) is 26.7. The number of benzene rings is 2. The third-order valence-electron chi connectivity index (χ3n) is 8.77. The van der Waals surface area contributed by atoms with Crippen LogP contribution in [0.15, 0.2) is 30.6 Å². The Kier molecular flexibility index (Phi) is 8.68. The van der Waals surface area contributed by atoms with Crippen molar-refractivity contribution in [3.63, 3.8) is 0 Å². The third-order valence-corrected chi connectivity index (χ3v) is 10.8. The topological polar surface area (TPSA) is 127 Å². The molecule has 2 aliphatic rings. The molecule has 14 heteroatoms. The summed E-state index contributed by atoms with van der Waals surface area (Å²) in [6, 6.07) is 8.04. The molecule has 11 nitrogen and oxygen atoms in total. The van der Waals surface area contributed by atoms with Gasteiger partial charge in [0.15, 0.2) is 17.2 Å². The summed E-state index contributed by atoms with van der Waals surface area (Å²) in [5, 5.41) is 7.31. The lowest BCUT2D eigenvalue weighted by atomic mass is 9.83. The number of hydrogen-bond donors (Lipinski definition) is 2. The summed E-state index contributed by atoms with van der Waals surface area (Å²) in [4.78, 5) is 40.9. The molecule has 0 saturated carbocycles. The van der Waals surface area contributed by atoms with E-state index in [-0.39, 0.29) is 41.3 Å². The van der Waals surface area contributed by atoms with E-state index < -0.39 is 31.5 Å². The fourth-order valence-electron chi connectivity index (χ4n) is 6.40. The summed E-state index contributed by atoms with van der Waals surface area (Å²) in [5.41, 5.74) is 2.89. The molecule has 2 aliphatic heterocycles. The zero-order chi connectivity index (χ0) is 32.8. The van der Waals surface area contributed by atoms with E-state index in [0.717, 1.165) is 28.2 Å². The van der Waals surface area contributed by atoms with Crippen molar-refractivity contribution in [2.45, 2.75) is 77.0 Å². The summed E-state index contributed by atoms with van der Waals surface area (Å²) >= 11 is 6.16. The monoisotopic (exact) mass is 667 g/mol. The number of amides is 2. The molecule has 0 radical (unpaired) electrons. The normalized spacial score (nSPS) is 18.8. The standard InChI is InChI=1S/C32H39ClFN7O4Si/c1-6-21(20-14-19(2)27-24(15-20)35-17-36-27)28-38-29(41(39-28)18-44-12-13-46(3,4)5)30(42)40-11-7-10-32(16-40)25-23(37-31(43)45-32)9-8-22(33)26(25)34/h8-9,14-15,17,21H,6-7,10-13,16,18H2,1-5H3,(H,35,36)(H,37,43)/t21?,32-/m0/s1. The van der Waals surface area contributed by atoms with Crippen LogP contribution in [0, 0.1) is 12.7 Å². The maximum Gasteiger partial charge on any atom is 0.412 e. The number of carbonyl (C=O) groups excluding carboxylic acids is 2. The molecule has 4 aromatic rings. The van der Waals surface area contributed by atoms with Crippen molar-refractivity contribution in [1.29, 1.82) is 0 Å². The Morgan fingerprint density at radius 2 is 2.09 bits per heavy atom. The van der Waals surface area contributed by atoms with Crippen LogP contribution in [-0.2, 0) is 21.8 Å². The highest BCUT2D eigenvalue weighted by atomic mass is 35.5. The van der Waals surface area contributed by atoms with E-state index in [1.165, 1.54) is 10.7 Å². The van der Waals surface area contributed by atoms with E-state index in [9.17, 15) is 9.59 Å². The fraction of sp³-hybridized carbons (Fsp3) is 0.469. The summed E-state index contributed by atoms with van der Waals surface area (Å²) in [5.74, 6) is -0.654. The lowest BCUT2D eigenvalue weighted by Gasteiger charge is -2.45. The van der Waals surface area contributed by atoms with Crippen molar-refractivity contribution >= 4 is 48.4 Å². The number of piperidine rings is 1. The molecule has 2 amide bonds. The second-order valence-corrected chi connectivity index (χ2v) is 19.4. The Balaban J connectivity index is 1.35. The molecule has 1 unspecified atom stereocenters. The van der Waals surface area contributed by atoms with Crippen molar-refractivity contribution < 1.29 is 23.5 Å². The van der Waals surface area contributed by atoms with Gasteiger partial charge in [-0.05, 0) is 61.6 Å². The van der Waals surface area contributed by atoms with Crippen molar-refractivity contribution in [3.05, 3.63) is 69.8 Å². The molecule has 46 heavy (non-hydrogen) atoms. The quantitative estimate of drug-likeness (QED) is 0.148. The maximum atomic E-state index is 15.5. The van der Waals surface area contributed by atoms with Crippen molar-refractivity contribution in [2.75, 3.05) is 25.0 Å². The molecule has 2 aromatic heterocycles. The molecular weight excluding hydrogens is 629 g/mol. The van der Waals surface area contributed by atoms with Crippen molar-refractivity contribution in [2.24, 2.45) is 0 Å². The van der Waals surface area contributed by atoms with Crippen LogP contribution in [0.2, 0.25) is 30.7 Å². The number of likely N-dealkylation sites (tertiary alicyclic amines) is 1. The molecule has 4 heterocycles. The lowest BCUT2D eigenvalue weighted by Crippen LogP contribution is -2.54. The first-order chi connectivity index (χ1) is 21.9. The van der Waals surface area contributed by atoms with E-state index in [1.807, 2.05) is 13.0 Å². The number of H-pyrrole nitrogens is 1. The Labute approximate surface area is 272 Å². The van der Waals surface area contributed by atoms with Crippen molar-refractivity contribution in [1.82, 2.24) is 29.6 Å². The van der Waals surface area contributed by atoms with Gasteiger partial charge in [0.05, 0.1) is 40.2 Å². The molecular formula is C32H39ClFN7O4Si. The minimum atomic E-state index is -1.40. The van der Waals surface area contributed by atoms with Crippen LogP contribution in [0.5, 0.6) is 0 Å². The number of fused-ring (bicyclic) bond motifs is 3. The van der Waals surface area contributed by atoms with Gasteiger partial charge >= 0.3 is 6.09 Å². The molecule has 244 valence electrons. The Morgan fingerprint density at radius 1 is 1.28 bits per heavy atom. The highest BCUT2D eigenvalue weighted by Crippen LogP contribution is 2.45. The second-order valence-electron chi connectivity index (χ2n) is 13.4. The molecule has 1 spiro atoms. The van der Waals surface area contributed by atoms with Crippen LogP contribution in [0.1, 0.15) is 65.2 Å². The van der Waals surface area contributed by atoms with Gasteiger partial charge in [0.1, 0.15) is 6.73 Å². The number of nitrogens with zero attached hydrogens (tertiary/aromatic N) is 5. The molecule has 0 aliphatic carbocycles. The Bertz CT molecular complexity index is 1800. The number of imidazole rings is 1. The Morgan fingerprint density at radius 3 is 2.85 bits per heavy atom. The number of anilines is 1. The number of aromatic nitrogens is 5. The average molecular weight is 668 g/mol. The molecule has 1 saturated heterocycles. The smallest absolute Gasteiger partial charge is 0.412 e. The maximum absolute atomic E-state index is 15.5. The van der Waals surface area contributed by atoms with Crippen LogP contribution >= 0.6 is 11.6 Å². The highest BCUT2D eigenvalue weighted by Gasteiger charge is 2.49. The average Bonchev–Trinajstić information content (AvgIpc) is 3.64. The number of nitrogens with one attached hydrogen (secondary N) is 2. The predicted octanol–water partition coefficient (Wildman–Crippen LogP) is 6.80. The van der Waals surface area contributed by atoms with Crippen LogP contribution < -0.4 is 5.32 Å². The van der Waals surface area contributed by atoms with Gasteiger partial charge in [-0.25, -0.2) is 23.8 Å². The zero-order valence-corrected chi connectivity index (χ0v) is 28.5. The summed E-state index contributed by atoms with van der Waals surface area (Å²) in [6.07, 6.45) is 2.46. The van der Waals surface area contributed by atoms with Crippen LogP contribution in [0.4, 0.5) is 14.9 Å². The number of ether oxygens (including phenoxy) is 2. The second kappa shape index (κ2) is 12.4. The predicted molar refractivity (Wildman–Crippen MR) is 175 cm³/mol. The molecule has 1 fully saturated rings.